The molecule has 0 aliphatic rings. The molecule has 0 saturated heterocycles. The second kappa shape index (κ2) is 6.29. The molecule has 0 aliphatic carbocycles. The fourth-order valence-corrected chi connectivity index (χ4v) is 1.00. The molecule has 0 radical (unpaired) electrons. The van der Waals surface area contributed by atoms with Gasteiger partial charge in [0.1, 0.15) is 0 Å². The lowest BCUT2D eigenvalue weighted by atomic mass is 10.2. The van der Waals surface area contributed by atoms with Crippen molar-refractivity contribution in [3.63, 3.8) is 0 Å². The minimum Gasteiger partial charge on any atom is -0.375 e. The Kier molecular flexibility index (Phi) is 4.89. The highest BCUT2D eigenvalue weighted by molar-refractivity contribution is 5.13. The van der Waals surface area contributed by atoms with Gasteiger partial charge in [-0.1, -0.05) is 12.1 Å². The van der Waals surface area contributed by atoms with Crippen LogP contribution in [0.1, 0.15) is 17.7 Å². The molecule has 0 spiro atoms. The van der Waals surface area contributed by atoms with E-state index in [-0.39, 0.29) is 0 Å². The molecule has 0 unspecified atom stereocenters. The highest BCUT2D eigenvalue weighted by Gasteiger charge is 1.94. The van der Waals surface area contributed by atoms with Crippen molar-refractivity contribution < 1.29 is 4.74 Å². The van der Waals surface area contributed by atoms with E-state index in [1.807, 2.05) is 18.2 Å². The minimum absolute atomic E-state index is 0.532. The van der Waals surface area contributed by atoms with Crippen LogP contribution in [0.3, 0.4) is 0 Å². The van der Waals surface area contributed by atoms with Crippen LogP contribution in [0.25, 0.3) is 0 Å². The van der Waals surface area contributed by atoms with Crippen LogP contribution in [-0.2, 0) is 17.9 Å². The third kappa shape index (κ3) is 3.68. The zero-order valence-electron chi connectivity index (χ0n) is 8.28. The summed E-state index contributed by atoms with van der Waals surface area (Å²) in [6.45, 7) is 5.40. The third-order valence-electron chi connectivity index (χ3n) is 1.84. The molecular weight excluding hydrogens is 176 g/mol. The summed E-state index contributed by atoms with van der Waals surface area (Å²) in [5.74, 6) is 0. The molecule has 0 aliphatic heterocycles. The van der Waals surface area contributed by atoms with Crippen LogP contribution in [0.15, 0.2) is 31.0 Å². The van der Waals surface area contributed by atoms with Crippen LogP contribution in [0, 0.1) is 0 Å². The van der Waals surface area contributed by atoms with Gasteiger partial charge in [0.25, 0.3) is 0 Å². The van der Waals surface area contributed by atoms with Crippen molar-refractivity contribution >= 4 is 0 Å². The Morgan fingerprint density at radius 3 is 2.93 bits per heavy atom. The van der Waals surface area contributed by atoms with Gasteiger partial charge in [0.2, 0.25) is 0 Å². The average Bonchev–Trinajstić information content (AvgIpc) is 2.25. The normalized spacial score (nSPS) is 10.1. The first-order valence-corrected chi connectivity index (χ1v) is 4.69. The highest BCUT2D eigenvalue weighted by Crippen LogP contribution is 2.01. The molecule has 14 heavy (non-hydrogen) atoms. The van der Waals surface area contributed by atoms with E-state index < -0.39 is 0 Å². The zero-order chi connectivity index (χ0) is 10.2. The van der Waals surface area contributed by atoms with Crippen molar-refractivity contribution in [2.24, 2.45) is 5.73 Å². The standard InChI is InChI=1S/C11H16N2O/c1-2-3-6-14-9-11-5-4-10(7-12)8-13-11/h2,4-5,8H,1,3,6-7,9,12H2. The maximum atomic E-state index is 5.46. The number of hydrogen-bond acceptors (Lipinski definition) is 3. The molecule has 1 aromatic heterocycles. The van der Waals surface area contributed by atoms with Crippen molar-refractivity contribution in [1.29, 1.82) is 0 Å². The third-order valence-corrected chi connectivity index (χ3v) is 1.84. The number of rotatable bonds is 6. The van der Waals surface area contributed by atoms with E-state index in [1.165, 1.54) is 0 Å². The molecule has 0 amide bonds. The van der Waals surface area contributed by atoms with Crippen LogP contribution in [0.5, 0.6) is 0 Å². The fraction of sp³-hybridized carbons (Fsp3) is 0.364. The predicted molar refractivity (Wildman–Crippen MR) is 56.6 cm³/mol. The Morgan fingerprint density at radius 1 is 1.50 bits per heavy atom. The van der Waals surface area contributed by atoms with Gasteiger partial charge in [-0.05, 0) is 18.1 Å². The zero-order valence-corrected chi connectivity index (χ0v) is 8.28. The van der Waals surface area contributed by atoms with Crippen LogP contribution < -0.4 is 5.73 Å². The smallest absolute Gasteiger partial charge is 0.0887 e. The summed E-state index contributed by atoms with van der Waals surface area (Å²) in [7, 11) is 0. The lowest BCUT2D eigenvalue weighted by molar-refractivity contribution is 0.122. The van der Waals surface area contributed by atoms with E-state index in [4.69, 9.17) is 10.5 Å². The Hall–Kier alpha value is -1.19. The van der Waals surface area contributed by atoms with Crippen LogP contribution in [-0.4, -0.2) is 11.6 Å². The van der Waals surface area contributed by atoms with Crippen molar-refractivity contribution in [2.75, 3.05) is 6.61 Å². The molecule has 0 bridgehead atoms. The Bertz CT molecular complexity index is 269. The van der Waals surface area contributed by atoms with Gasteiger partial charge >= 0.3 is 0 Å². The summed E-state index contributed by atoms with van der Waals surface area (Å²) >= 11 is 0. The molecule has 76 valence electrons. The first kappa shape index (κ1) is 10.9. The van der Waals surface area contributed by atoms with Gasteiger partial charge in [-0.15, -0.1) is 6.58 Å². The number of aromatic nitrogens is 1. The van der Waals surface area contributed by atoms with Gasteiger partial charge in [0.15, 0.2) is 0 Å². The summed E-state index contributed by atoms with van der Waals surface area (Å²) in [5, 5.41) is 0. The summed E-state index contributed by atoms with van der Waals surface area (Å²) in [4.78, 5) is 4.22. The lowest BCUT2D eigenvalue weighted by Gasteiger charge is -2.02. The van der Waals surface area contributed by atoms with E-state index in [2.05, 4.69) is 11.6 Å². The van der Waals surface area contributed by atoms with Gasteiger partial charge < -0.3 is 10.5 Å². The first-order valence-electron chi connectivity index (χ1n) is 4.69. The number of hydrogen-bond donors (Lipinski definition) is 1. The molecule has 0 fully saturated rings. The molecule has 1 aromatic rings. The minimum atomic E-state index is 0.532. The van der Waals surface area contributed by atoms with Crippen LogP contribution >= 0.6 is 0 Å². The van der Waals surface area contributed by atoms with E-state index in [0.717, 1.165) is 17.7 Å². The highest BCUT2D eigenvalue weighted by atomic mass is 16.5. The molecule has 1 rings (SSSR count). The average molecular weight is 192 g/mol. The number of pyridine rings is 1. The van der Waals surface area contributed by atoms with Gasteiger partial charge in [0.05, 0.1) is 18.9 Å². The van der Waals surface area contributed by atoms with E-state index >= 15 is 0 Å². The maximum Gasteiger partial charge on any atom is 0.0887 e. The Labute approximate surface area is 84.6 Å². The molecule has 1 heterocycles. The first-order chi connectivity index (χ1) is 6.86. The SMILES string of the molecule is C=CCCOCc1ccc(CN)cn1. The van der Waals surface area contributed by atoms with Gasteiger partial charge in [-0.3, -0.25) is 4.98 Å². The quantitative estimate of drug-likeness (QED) is 0.550. The Balaban J connectivity index is 2.32. The lowest BCUT2D eigenvalue weighted by Crippen LogP contribution is -2.00. The molecule has 0 atom stereocenters. The van der Waals surface area contributed by atoms with Crippen molar-refractivity contribution in [2.45, 2.75) is 19.6 Å². The molecule has 0 saturated carbocycles. The predicted octanol–water partition coefficient (Wildman–Crippen LogP) is 1.63. The number of nitrogens with two attached hydrogens (primary N) is 1. The fourth-order valence-electron chi connectivity index (χ4n) is 1.00. The van der Waals surface area contributed by atoms with E-state index in [9.17, 15) is 0 Å². The summed E-state index contributed by atoms with van der Waals surface area (Å²) in [6, 6.07) is 3.91. The monoisotopic (exact) mass is 192 g/mol. The van der Waals surface area contributed by atoms with E-state index in [0.29, 0.717) is 19.8 Å². The second-order valence-corrected chi connectivity index (χ2v) is 2.99. The number of nitrogens with zero attached hydrogens (tertiary/aromatic N) is 1. The van der Waals surface area contributed by atoms with Crippen LogP contribution in [0.2, 0.25) is 0 Å². The van der Waals surface area contributed by atoms with Crippen LogP contribution in [0.4, 0.5) is 0 Å². The topological polar surface area (TPSA) is 48.1 Å². The van der Waals surface area contributed by atoms with Gasteiger partial charge in [0, 0.05) is 12.7 Å². The second-order valence-electron chi connectivity index (χ2n) is 2.99. The number of ether oxygens (including phenoxy) is 1. The van der Waals surface area contributed by atoms with Gasteiger partial charge in [-0.25, -0.2) is 0 Å². The van der Waals surface area contributed by atoms with E-state index in [1.54, 1.807) is 6.20 Å². The molecule has 3 nitrogen and oxygen atoms in total. The molecule has 0 aromatic carbocycles. The summed E-state index contributed by atoms with van der Waals surface area (Å²) in [5.41, 5.74) is 7.44. The summed E-state index contributed by atoms with van der Waals surface area (Å²) < 4.78 is 5.37. The molecular formula is C11H16N2O. The maximum absolute atomic E-state index is 5.46. The van der Waals surface area contributed by atoms with Crippen molar-refractivity contribution in [1.82, 2.24) is 4.98 Å². The van der Waals surface area contributed by atoms with Crippen molar-refractivity contribution in [3.8, 4) is 0 Å². The molecule has 3 heteroatoms. The largest absolute Gasteiger partial charge is 0.375 e. The van der Waals surface area contributed by atoms with Gasteiger partial charge in [-0.2, -0.15) is 0 Å². The Morgan fingerprint density at radius 2 is 2.36 bits per heavy atom. The molecule has 2 N–H and O–H groups in total. The summed E-state index contributed by atoms with van der Waals surface area (Å²) in [6.07, 6.45) is 4.50. The van der Waals surface area contributed by atoms with Crippen molar-refractivity contribution in [3.05, 3.63) is 42.2 Å².